The van der Waals surface area contributed by atoms with Crippen LogP contribution in [0.5, 0.6) is 5.75 Å². The van der Waals surface area contributed by atoms with E-state index in [0.29, 0.717) is 5.58 Å². The highest BCUT2D eigenvalue weighted by molar-refractivity contribution is 5.78. The van der Waals surface area contributed by atoms with Crippen molar-refractivity contribution in [2.24, 2.45) is 0 Å². The van der Waals surface area contributed by atoms with Crippen LogP contribution in [0.15, 0.2) is 22.9 Å². The molecule has 0 radical (unpaired) electrons. The van der Waals surface area contributed by atoms with Gasteiger partial charge in [0, 0.05) is 11.5 Å². The lowest BCUT2D eigenvalue weighted by Gasteiger charge is -1.94. The number of aryl methyl sites for hydroxylation is 1. The maximum absolute atomic E-state index is 9.25. The molecule has 3 heteroatoms. The molecule has 1 aromatic carbocycles. The second kappa shape index (κ2) is 1.99. The molecule has 0 saturated carbocycles. The lowest BCUT2D eigenvalue weighted by molar-refractivity contribution is 0.448. The zero-order valence-corrected chi connectivity index (χ0v) is 6.03. The first-order chi connectivity index (χ1) is 5.27. The standard InChI is InChI=1S/C8H7NO2/c1-5-2-6-4-9-11-8(6)3-7(5)10/h2-4,10H,1H3. The van der Waals surface area contributed by atoms with Crippen LogP contribution in [0.3, 0.4) is 0 Å². The molecule has 0 bridgehead atoms. The van der Waals surface area contributed by atoms with E-state index in [0.717, 1.165) is 10.9 Å². The van der Waals surface area contributed by atoms with Crippen molar-refractivity contribution >= 4 is 11.0 Å². The van der Waals surface area contributed by atoms with Gasteiger partial charge >= 0.3 is 0 Å². The Morgan fingerprint density at radius 2 is 2.27 bits per heavy atom. The fraction of sp³-hybridized carbons (Fsp3) is 0.125. The summed E-state index contributed by atoms with van der Waals surface area (Å²) in [5.41, 5.74) is 1.45. The first kappa shape index (κ1) is 6.22. The summed E-state index contributed by atoms with van der Waals surface area (Å²) in [6, 6.07) is 3.40. The van der Waals surface area contributed by atoms with Crippen molar-refractivity contribution in [3.05, 3.63) is 23.9 Å². The van der Waals surface area contributed by atoms with E-state index < -0.39 is 0 Å². The lowest BCUT2D eigenvalue weighted by Crippen LogP contribution is -1.72. The topological polar surface area (TPSA) is 46.3 Å². The monoisotopic (exact) mass is 149 g/mol. The zero-order chi connectivity index (χ0) is 7.84. The van der Waals surface area contributed by atoms with E-state index in [9.17, 15) is 5.11 Å². The molecule has 0 amide bonds. The highest BCUT2D eigenvalue weighted by atomic mass is 16.5. The lowest BCUT2D eigenvalue weighted by atomic mass is 10.2. The number of hydrogen-bond donors (Lipinski definition) is 1. The predicted octanol–water partition coefficient (Wildman–Crippen LogP) is 1.84. The van der Waals surface area contributed by atoms with Crippen molar-refractivity contribution in [2.75, 3.05) is 0 Å². The van der Waals surface area contributed by atoms with Crippen LogP contribution in [0.2, 0.25) is 0 Å². The molecular formula is C8H7NO2. The second-order valence-electron chi connectivity index (χ2n) is 2.50. The van der Waals surface area contributed by atoms with Crippen molar-refractivity contribution in [2.45, 2.75) is 6.92 Å². The largest absolute Gasteiger partial charge is 0.508 e. The third-order valence-electron chi connectivity index (χ3n) is 1.67. The van der Waals surface area contributed by atoms with Gasteiger partial charge in [-0.2, -0.15) is 0 Å². The number of aromatic nitrogens is 1. The van der Waals surface area contributed by atoms with E-state index in [4.69, 9.17) is 4.52 Å². The number of benzene rings is 1. The predicted molar refractivity (Wildman–Crippen MR) is 40.4 cm³/mol. The highest BCUT2D eigenvalue weighted by Crippen LogP contribution is 2.23. The van der Waals surface area contributed by atoms with Crippen LogP contribution >= 0.6 is 0 Å². The summed E-state index contributed by atoms with van der Waals surface area (Å²) in [5.74, 6) is 0.245. The summed E-state index contributed by atoms with van der Waals surface area (Å²) in [5, 5.41) is 13.8. The van der Waals surface area contributed by atoms with Crippen LogP contribution in [0.25, 0.3) is 11.0 Å². The molecule has 0 unspecified atom stereocenters. The maximum atomic E-state index is 9.25. The van der Waals surface area contributed by atoms with Gasteiger partial charge in [-0.25, -0.2) is 0 Å². The van der Waals surface area contributed by atoms with Crippen molar-refractivity contribution < 1.29 is 9.63 Å². The molecule has 0 atom stereocenters. The smallest absolute Gasteiger partial charge is 0.170 e. The molecule has 0 aliphatic rings. The number of fused-ring (bicyclic) bond motifs is 1. The van der Waals surface area contributed by atoms with Gasteiger partial charge < -0.3 is 9.63 Å². The third kappa shape index (κ3) is 0.852. The van der Waals surface area contributed by atoms with E-state index in [-0.39, 0.29) is 5.75 Å². The second-order valence-corrected chi connectivity index (χ2v) is 2.50. The Labute approximate surface area is 63.2 Å². The van der Waals surface area contributed by atoms with Crippen molar-refractivity contribution in [3.63, 3.8) is 0 Å². The van der Waals surface area contributed by atoms with Crippen LogP contribution in [0, 0.1) is 6.92 Å². The molecule has 0 aliphatic heterocycles. The van der Waals surface area contributed by atoms with Crippen molar-refractivity contribution in [1.82, 2.24) is 5.16 Å². The first-order valence-electron chi connectivity index (χ1n) is 3.31. The molecule has 0 aliphatic carbocycles. The fourth-order valence-electron chi connectivity index (χ4n) is 1.02. The van der Waals surface area contributed by atoms with Crippen LogP contribution < -0.4 is 0 Å². The Hall–Kier alpha value is -1.51. The van der Waals surface area contributed by atoms with Gasteiger partial charge in [0.25, 0.3) is 0 Å². The Kier molecular flexibility index (Phi) is 1.12. The van der Waals surface area contributed by atoms with Crippen molar-refractivity contribution in [1.29, 1.82) is 0 Å². The maximum Gasteiger partial charge on any atom is 0.170 e. The quantitative estimate of drug-likeness (QED) is 0.621. The van der Waals surface area contributed by atoms with Gasteiger partial charge in [-0.3, -0.25) is 0 Å². The van der Waals surface area contributed by atoms with Gasteiger partial charge in [0.1, 0.15) is 5.75 Å². The zero-order valence-electron chi connectivity index (χ0n) is 6.03. The molecule has 0 spiro atoms. The molecule has 3 nitrogen and oxygen atoms in total. The molecular weight excluding hydrogens is 142 g/mol. The summed E-state index contributed by atoms with van der Waals surface area (Å²) >= 11 is 0. The Morgan fingerprint density at radius 1 is 1.45 bits per heavy atom. The van der Waals surface area contributed by atoms with Gasteiger partial charge in [0.2, 0.25) is 0 Å². The summed E-state index contributed by atoms with van der Waals surface area (Å²) in [6.45, 7) is 1.84. The van der Waals surface area contributed by atoms with Crippen molar-refractivity contribution in [3.8, 4) is 5.75 Å². The molecule has 0 fully saturated rings. The molecule has 56 valence electrons. The SMILES string of the molecule is Cc1cc2cnoc2cc1O. The minimum atomic E-state index is 0.245. The Bertz CT molecular complexity index is 356. The average molecular weight is 149 g/mol. The van der Waals surface area contributed by atoms with E-state index in [1.54, 1.807) is 12.3 Å². The van der Waals surface area contributed by atoms with E-state index in [1.165, 1.54) is 0 Å². The summed E-state index contributed by atoms with van der Waals surface area (Å²) in [4.78, 5) is 0. The number of aromatic hydroxyl groups is 1. The Morgan fingerprint density at radius 3 is 3.09 bits per heavy atom. The van der Waals surface area contributed by atoms with E-state index >= 15 is 0 Å². The van der Waals surface area contributed by atoms with Gasteiger partial charge in [0.15, 0.2) is 5.58 Å². The van der Waals surface area contributed by atoms with Crippen LogP contribution in [-0.2, 0) is 0 Å². The molecule has 1 aromatic heterocycles. The average Bonchev–Trinajstić information content (AvgIpc) is 2.36. The van der Waals surface area contributed by atoms with E-state index in [2.05, 4.69) is 5.16 Å². The van der Waals surface area contributed by atoms with Gasteiger partial charge in [-0.1, -0.05) is 5.16 Å². The highest BCUT2D eigenvalue weighted by Gasteiger charge is 2.01. The summed E-state index contributed by atoms with van der Waals surface area (Å²) < 4.78 is 4.84. The van der Waals surface area contributed by atoms with Crippen LogP contribution in [0.1, 0.15) is 5.56 Å². The van der Waals surface area contributed by atoms with Gasteiger partial charge in [-0.05, 0) is 18.6 Å². The first-order valence-corrected chi connectivity index (χ1v) is 3.31. The fourth-order valence-corrected chi connectivity index (χ4v) is 1.02. The number of phenols is 1. The molecule has 2 aromatic rings. The minimum Gasteiger partial charge on any atom is -0.508 e. The molecule has 2 rings (SSSR count). The molecule has 0 saturated heterocycles. The normalized spacial score (nSPS) is 10.6. The van der Waals surface area contributed by atoms with Gasteiger partial charge in [0.05, 0.1) is 6.20 Å². The van der Waals surface area contributed by atoms with Crippen LogP contribution in [-0.4, -0.2) is 10.3 Å². The molecule has 11 heavy (non-hydrogen) atoms. The molecule has 1 heterocycles. The Balaban J connectivity index is 2.86. The minimum absolute atomic E-state index is 0.245. The summed E-state index contributed by atoms with van der Waals surface area (Å²) in [7, 11) is 0. The number of rotatable bonds is 0. The number of phenolic OH excluding ortho intramolecular Hbond substituents is 1. The summed E-state index contributed by atoms with van der Waals surface area (Å²) in [6.07, 6.45) is 1.63. The third-order valence-corrected chi connectivity index (χ3v) is 1.67. The number of hydrogen-bond acceptors (Lipinski definition) is 3. The van der Waals surface area contributed by atoms with Crippen LogP contribution in [0.4, 0.5) is 0 Å². The number of nitrogens with zero attached hydrogens (tertiary/aromatic N) is 1. The van der Waals surface area contributed by atoms with E-state index in [1.807, 2.05) is 13.0 Å². The molecule has 1 N–H and O–H groups in total. The van der Waals surface area contributed by atoms with Gasteiger partial charge in [-0.15, -0.1) is 0 Å².